The first-order valence-corrected chi connectivity index (χ1v) is 11.5. The predicted octanol–water partition coefficient (Wildman–Crippen LogP) is 5.78. The molecule has 0 amide bonds. The van der Waals surface area contributed by atoms with Crippen LogP contribution in [0.3, 0.4) is 0 Å². The van der Waals surface area contributed by atoms with E-state index < -0.39 is 0 Å². The molecule has 0 N–H and O–H groups in total. The van der Waals surface area contributed by atoms with Crippen molar-refractivity contribution in [2.24, 2.45) is 7.05 Å². The van der Waals surface area contributed by atoms with Crippen molar-refractivity contribution in [3.63, 3.8) is 0 Å². The standard InChI is InChI=1S/C24H21ClN6S/c1-16(32-24-29-28-23(30(24)2)18-10-12-26-13-11-18)22-27-20-14-19(25)8-9-21(20)31(22)15-17-6-4-3-5-7-17/h3-14,16H,15H2,1-2H3. The summed E-state index contributed by atoms with van der Waals surface area (Å²) in [4.78, 5) is 9.04. The second-order valence-electron chi connectivity index (χ2n) is 7.54. The van der Waals surface area contributed by atoms with Gasteiger partial charge in [-0.15, -0.1) is 10.2 Å². The molecule has 0 bridgehead atoms. The van der Waals surface area contributed by atoms with E-state index in [1.54, 1.807) is 24.2 Å². The van der Waals surface area contributed by atoms with Crippen molar-refractivity contribution >= 4 is 34.4 Å². The molecule has 6 nitrogen and oxygen atoms in total. The number of fused-ring (bicyclic) bond motifs is 1. The Labute approximate surface area is 195 Å². The van der Waals surface area contributed by atoms with Crippen LogP contribution in [0.5, 0.6) is 0 Å². The zero-order valence-electron chi connectivity index (χ0n) is 17.7. The second kappa shape index (κ2) is 8.76. The van der Waals surface area contributed by atoms with Gasteiger partial charge in [-0.05, 0) is 42.8 Å². The average Bonchev–Trinajstić information content (AvgIpc) is 3.35. The number of aromatic nitrogens is 6. The number of benzene rings is 2. The third kappa shape index (κ3) is 4.01. The molecule has 2 aromatic carbocycles. The van der Waals surface area contributed by atoms with E-state index in [-0.39, 0.29) is 5.25 Å². The molecule has 5 aromatic rings. The van der Waals surface area contributed by atoms with E-state index >= 15 is 0 Å². The van der Waals surface area contributed by atoms with Gasteiger partial charge in [0.2, 0.25) is 0 Å². The molecule has 0 fully saturated rings. The molecule has 3 aromatic heterocycles. The number of rotatable bonds is 6. The fourth-order valence-electron chi connectivity index (χ4n) is 3.74. The van der Waals surface area contributed by atoms with E-state index in [9.17, 15) is 0 Å². The highest BCUT2D eigenvalue weighted by Gasteiger charge is 2.21. The molecule has 1 atom stereocenters. The van der Waals surface area contributed by atoms with Gasteiger partial charge >= 0.3 is 0 Å². The summed E-state index contributed by atoms with van der Waals surface area (Å²) in [6, 6.07) is 20.2. The van der Waals surface area contributed by atoms with Crippen LogP contribution >= 0.6 is 23.4 Å². The van der Waals surface area contributed by atoms with E-state index in [0.717, 1.165) is 39.9 Å². The Hall–Kier alpha value is -3.16. The molecule has 1 unspecified atom stereocenters. The largest absolute Gasteiger partial charge is 0.323 e. The van der Waals surface area contributed by atoms with Gasteiger partial charge in [0.15, 0.2) is 11.0 Å². The Morgan fingerprint density at radius 3 is 2.56 bits per heavy atom. The van der Waals surface area contributed by atoms with Gasteiger partial charge in [0, 0.05) is 36.6 Å². The van der Waals surface area contributed by atoms with Crippen LogP contribution in [0.2, 0.25) is 5.02 Å². The highest BCUT2D eigenvalue weighted by Crippen LogP contribution is 2.36. The van der Waals surface area contributed by atoms with Crippen molar-refractivity contribution in [1.82, 2.24) is 29.3 Å². The molecule has 0 radical (unpaired) electrons. The van der Waals surface area contributed by atoms with Crippen LogP contribution in [-0.2, 0) is 13.6 Å². The van der Waals surface area contributed by atoms with Crippen molar-refractivity contribution < 1.29 is 0 Å². The van der Waals surface area contributed by atoms with Gasteiger partial charge in [0.1, 0.15) is 5.82 Å². The van der Waals surface area contributed by atoms with Crippen LogP contribution in [0.4, 0.5) is 0 Å². The van der Waals surface area contributed by atoms with Gasteiger partial charge < -0.3 is 9.13 Å². The maximum Gasteiger partial charge on any atom is 0.191 e. The summed E-state index contributed by atoms with van der Waals surface area (Å²) < 4.78 is 4.27. The van der Waals surface area contributed by atoms with Gasteiger partial charge in [0.25, 0.3) is 0 Å². The quantitative estimate of drug-likeness (QED) is 0.300. The van der Waals surface area contributed by atoms with Crippen molar-refractivity contribution in [3.8, 4) is 11.4 Å². The second-order valence-corrected chi connectivity index (χ2v) is 9.28. The van der Waals surface area contributed by atoms with Crippen molar-refractivity contribution in [2.75, 3.05) is 0 Å². The molecule has 0 aliphatic heterocycles. The Morgan fingerprint density at radius 2 is 1.78 bits per heavy atom. The summed E-state index contributed by atoms with van der Waals surface area (Å²) in [5, 5.41) is 10.4. The lowest BCUT2D eigenvalue weighted by Gasteiger charge is -2.14. The van der Waals surface area contributed by atoms with E-state index in [1.807, 2.05) is 48.0 Å². The third-order valence-electron chi connectivity index (χ3n) is 5.34. The van der Waals surface area contributed by atoms with Crippen LogP contribution in [0.15, 0.2) is 78.2 Å². The maximum absolute atomic E-state index is 6.25. The molecule has 8 heteroatoms. The van der Waals surface area contributed by atoms with Gasteiger partial charge in [-0.3, -0.25) is 4.98 Å². The Kier molecular flexibility index (Phi) is 5.68. The number of hydrogen-bond donors (Lipinski definition) is 0. The molecule has 0 saturated heterocycles. The van der Waals surface area contributed by atoms with Crippen LogP contribution in [0, 0.1) is 0 Å². The molecule has 0 aliphatic carbocycles. The van der Waals surface area contributed by atoms with Crippen LogP contribution in [0.1, 0.15) is 23.6 Å². The minimum absolute atomic E-state index is 0.0538. The van der Waals surface area contributed by atoms with E-state index in [4.69, 9.17) is 16.6 Å². The van der Waals surface area contributed by atoms with Crippen LogP contribution in [0.25, 0.3) is 22.4 Å². The highest BCUT2D eigenvalue weighted by atomic mass is 35.5. The summed E-state index contributed by atoms with van der Waals surface area (Å²) in [6.45, 7) is 2.88. The Bertz CT molecular complexity index is 1360. The number of nitrogens with zero attached hydrogens (tertiary/aromatic N) is 6. The fraction of sp³-hybridized carbons (Fsp3) is 0.167. The highest BCUT2D eigenvalue weighted by molar-refractivity contribution is 7.99. The van der Waals surface area contributed by atoms with E-state index in [0.29, 0.717) is 5.02 Å². The molecule has 160 valence electrons. The topological polar surface area (TPSA) is 61.4 Å². The van der Waals surface area contributed by atoms with Crippen molar-refractivity contribution in [3.05, 3.63) is 89.5 Å². The van der Waals surface area contributed by atoms with Gasteiger partial charge in [-0.2, -0.15) is 0 Å². The first-order valence-electron chi connectivity index (χ1n) is 10.3. The van der Waals surface area contributed by atoms with Crippen molar-refractivity contribution in [2.45, 2.75) is 23.9 Å². The smallest absolute Gasteiger partial charge is 0.191 e. The monoisotopic (exact) mass is 460 g/mol. The first-order chi connectivity index (χ1) is 15.6. The zero-order chi connectivity index (χ0) is 22.1. The molecule has 3 heterocycles. The zero-order valence-corrected chi connectivity index (χ0v) is 19.3. The van der Waals surface area contributed by atoms with E-state index in [2.05, 4.69) is 50.9 Å². The minimum Gasteiger partial charge on any atom is -0.323 e. The number of thioether (sulfide) groups is 1. The number of halogens is 1. The lowest BCUT2D eigenvalue weighted by atomic mass is 10.2. The molecular formula is C24H21ClN6S. The lowest BCUT2D eigenvalue weighted by molar-refractivity contribution is 0.738. The fourth-order valence-corrected chi connectivity index (χ4v) is 4.85. The molecular weight excluding hydrogens is 440 g/mol. The number of pyridine rings is 1. The molecule has 32 heavy (non-hydrogen) atoms. The Morgan fingerprint density at radius 1 is 1.00 bits per heavy atom. The Balaban J connectivity index is 1.50. The third-order valence-corrected chi connectivity index (χ3v) is 6.71. The number of hydrogen-bond acceptors (Lipinski definition) is 5. The van der Waals surface area contributed by atoms with Gasteiger partial charge in [-0.1, -0.05) is 53.7 Å². The summed E-state index contributed by atoms with van der Waals surface area (Å²) in [7, 11) is 1.98. The first kappa shape index (κ1) is 20.7. The summed E-state index contributed by atoms with van der Waals surface area (Å²) in [6.07, 6.45) is 3.52. The number of imidazole rings is 1. The minimum atomic E-state index is 0.0538. The SMILES string of the molecule is CC(Sc1nnc(-c2ccncc2)n1C)c1nc2cc(Cl)ccc2n1Cc1ccccc1. The predicted molar refractivity (Wildman–Crippen MR) is 129 cm³/mol. The van der Waals surface area contributed by atoms with Crippen LogP contribution < -0.4 is 0 Å². The van der Waals surface area contributed by atoms with Crippen LogP contribution in [-0.4, -0.2) is 29.3 Å². The average molecular weight is 461 g/mol. The summed E-state index contributed by atoms with van der Waals surface area (Å²) in [5.41, 5.74) is 4.17. The lowest BCUT2D eigenvalue weighted by Crippen LogP contribution is -2.07. The van der Waals surface area contributed by atoms with Crippen molar-refractivity contribution in [1.29, 1.82) is 0 Å². The van der Waals surface area contributed by atoms with Gasteiger partial charge in [-0.25, -0.2) is 4.98 Å². The molecule has 0 saturated carbocycles. The molecule has 0 aliphatic rings. The van der Waals surface area contributed by atoms with Gasteiger partial charge in [0.05, 0.1) is 16.3 Å². The maximum atomic E-state index is 6.25. The van der Waals surface area contributed by atoms with E-state index in [1.165, 1.54) is 5.56 Å². The molecule has 0 spiro atoms. The summed E-state index contributed by atoms with van der Waals surface area (Å²) >= 11 is 7.89. The molecule has 5 rings (SSSR count). The normalized spacial score (nSPS) is 12.3. The summed E-state index contributed by atoms with van der Waals surface area (Å²) in [5.74, 6) is 1.79.